The van der Waals surface area contributed by atoms with Crippen LogP contribution in [0.3, 0.4) is 0 Å². The lowest BCUT2D eigenvalue weighted by molar-refractivity contribution is -0.114. The molecule has 4 nitrogen and oxygen atoms in total. The van der Waals surface area contributed by atoms with E-state index in [0.717, 1.165) is 0 Å². The number of fused-ring (bicyclic) bond motifs is 1. The molecule has 0 aliphatic carbocycles. The van der Waals surface area contributed by atoms with Crippen molar-refractivity contribution in [2.24, 2.45) is 0 Å². The fraction of sp³-hybridized carbons (Fsp3) is 0.0588. The molecule has 0 fully saturated rings. The minimum atomic E-state index is -0.398. The van der Waals surface area contributed by atoms with Crippen LogP contribution < -0.4 is 10.9 Å². The van der Waals surface area contributed by atoms with Crippen molar-refractivity contribution in [1.82, 2.24) is 4.98 Å². The van der Waals surface area contributed by atoms with Gasteiger partial charge in [-0.15, -0.1) is 0 Å². The lowest BCUT2D eigenvalue weighted by Gasteiger charge is -2.14. The molecule has 0 radical (unpaired) electrons. The second-order valence-electron chi connectivity index (χ2n) is 5.06. The molecular formula is C17H12Cl2N2O2. The normalized spacial score (nSPS) is 10.7. The van der Waals surface area contributed by atoms with E-state index in [1.807, 2.05) is 6.07 Å². The molecule has 1 aromatic heterocycles. The third kappa shape index (κ3) is 2.96. The third-order valence-corrected chi connectivity index (χ3v) is 3.99. The number of aromatic amines is 1. The van der Waals surface area contributed by atoms with Crippen molar-refractivity contribution in [2.45, 2.75) is 6.92 Å². The summed E-state index contributed by atoms with van der Waals surface area (Å²) < 4.78 is 0. The highest BCUT2D eigenvalue weighted by atomic mass is 35.5. The molecule has 116 valence electrons. The summed E-state index contributed by atoms with van der Waals surface area (Å²) >= 11 is 12.4. The fourth-order valence-electron chi connectivity index (χ4n) is 2.50. The quantitative estimate of drug-likeness (QED) is 0.719. The van der Waals surface area contributed by atoms with E-state index in [1.165, 1.54) is 6.92 Å². The number of halogens is 2. The molecule has 3 aromatic rings. The van der Waals surface area contributed by atoms with Crippen LogP contribution in [-0.4, -0.2) is 10.9 Å². The summed E-state index contributed by atoms with van der Waals surface area (Å²) in [5, 5.41) is 4.30. The molecule has 2 aromatic carbocycles. The van der Waals surface area contributed by atoms with Crippen molar-refractivity contribution in [3.63, 3.8) is 0 Å². The highest BCUT2D eigenvalue weighted by Crippen LogP contribution is 2.37. The Morgan fingerprint density at radius 3 is 2.57 bits per heavy atom. The molecule has 0 atom stereocenters. The Morgan fingerprint density at radius 1 is 1.13 bits per heavy atom. The summed E-state index contributed by atoms with van der Waals surface area (Å²) in [5.41, 5.74) is 1.57. The number of carbonyl (C=O) groups excluding carboxylic acids is 1. The Kier molecular flexibility index (Phi) is 4.11. The van der Waals surface area contributed by atoms with Crippen LogP contribution in [0.5, 0.6) is 0 Å². The second-order valence-corrected chi connectivity index (χ2v) is 5.90. The van der Waals surface area contributed by atoms with E-state index in [2.05, 4.69) is 10.3 Å². The number of carbonyl (C=O) groups is 1. The van der Waals surface area contributed by atoms with E-state index >= 15 is 0 Å². The van der Waals surface area contributed by atoms with Gasteiger partial charge in [-0.1, -0.05) is 41.4 Å². The average Bonchev–Trinajstić information content (AvgIpc) is 2.49. The van der Waals surface area contributed by atoms with Crippen LogP contribution in [0.1, 0.15) is 6.92 Å². The van der Waals surface area contributed by atoms with Crippen LogP contribution in [0.4, 0.5) is 5.69 Å². The first-order chi connectivity index (χ1) is 11.0. The van der Waals surface area contributed by atoms with Crippen molar-refractivity contribution in [2.75, 3.05) is 5.32 Å². The van der Waals surface area contributed by atoms with Gasteiger partial charge in [-0.05, 0) is 24.3 Å². The summed E-state index contributed by atoms with van der Waals surface area (Å²) in [6.07, 6.45) is 0. The first-order valence-corrected chi connectivity index (χ1v) is 7.61. The van der Waals surface area contributed by atoms with Crippen LogP contribution in [0, 0.1) is 0 Å². The third-order valence-electron chi connectivity index (χ3n) is 3.42. The molecule has 1 heterocycles. The van der Waals surface area contributed by atoms with Gasteiger partial charge in [0, 0.05) is 39.0 Å². The van der Waals surface area contributed by atoms with Gasteiger partial charge in [0.15, 0.2) is 0 Å². The molecule has 0 saturated heterocycles. The molecule has 0 saturated carbocycles. The number of hydrogen-bond donors (Lipinski definition) is 2. The van der Waals surface area contributed by atoms with Crippen molar-refractivity contribution in [1.29, 1.82) is 0 Å². The molecule has 0 unspecified atom stereocenters. The zero-order chi connectivity index (χ0) is 16.6. The maximum absolute atomic E-state index is 12.4. The number of benzene rings is 2. The number of rotatable bonds is 2. The number of pyridine rings is 1. The van der Waals surface area contributed by atoms with Gasteiger partial charge in [0.05, 0.1) is 0 Å². The maximum Gasteiger partial charge on any atom is 0.272 e. The van der Waals surface area contributed by atoms with E-state index in [1.54, 1.807) is 36.4 Å². The number of aromatic nitrogens is 1. The average molecular weight is 347 g/mol. The number of anilines is 1. The first kappa shape index (κ1) is 15.6. The Bertz CT molecular complexity index is 980. The van der Waals surface area contributed by atoms with Gasteiger partial charge in [-0.25, -0.2) is 0 Å². The Morgan fingerprint density at radius 2 is 1.87 bits per heavy atom. The molecule has 0 aliphatic rings. The molecule has 0 aliphatic heterocycles. The zero-order valence-electron chi connectivity index (χ0n) is 12.1. The minimum Gasteiger partial charge on any atom is -0.321 e. The topological polar surface area (TPSA) is 62.0 Å². The number of amides is 1. The zero-order valence-corrected chi connectivity index (χ0v) is 13.6. The number of hydrogen-bond acceptors (Lipinski definition) is 2. The maximum atomic E-state index is 12.4. The fourth-order valence-corrected chi connectivity index (χ4v) is 2.91. The minimum absolute atomic E-state index is 0.153. The molecule has 23 heavy (non-hydrogen) atoms. The summed E-state index contributed by atoms with van der Waals surface area (Å²) in [6.45, 7) is 1.35. The monoisotopic (exact) mass is 346 g/mol. The van der Waals surface area contributed by atoms with E-state index in [0.29, 0.717) is 32.1 Å². The summed E-state index contributed by atoms with van der Waals surface area (Å²) in [6, 6.07) is 12.3. The van der Waals surface area contributed by atoms with Gasteiger partial charge in [0.1, 0.15) is 5.69 Å². The second kappa shape index (κ2) is 6.07. The van der Waals surface area contributed by atoms with Crippen LogP contribution in [0.2, 0.25) is 10.0 Å². The summed E-state index contributed by atoms with van der Waals surface area (Å²) in [7, 11) is 0. The predicted octanol–water partition coefficient (Wildman–Crippen LogP) is 4.46. The number of nitrogens with one attached hydrogen (secondary N) is 2. The smallest absolute Gasteiger partial charge is 0.272 e. The highest BCUT2D eigenvalue weighted by molar-refractivity contribution is 6.34. The largest absolute Gasteiger partial charge is 0.321 e. The Hall–Kier alpha value is -2.30. The van der Waals surface area contributed by atoms with Gasteiger partial charge in [-0.3, -0.25) is 9.59 Å². The first-order valence-electron chi connectivity index (χ1n) is 6.85. The predicted molar refractivity (Wildman–Crippen MR) is 94.3 cm³/mol. The molecule has 2 N–H and O–H groups in total. The standard InChI is InChI=1S/C17H12Cl2N2O2/c1-9(22)20-16-15(11-4-2-3-5-13(11)19)12-8-10(18)6-7-14(12)21-17(16)23/h2-8H,1H3,(H,20,22)(H,21,23). The Balaban J connectivity index is 2.48. The Labute approximate surface area is 142 Å². The van der Waals surface area contributed by atoms with Crippen LogP contribution >= 0.6 is 23.2 Å². The SMILES string of the molecule is CC(=O)Nc1c(-c2ccccc2Cl)c2cc(Cl)ccc2[nH]c1=O. The van der Waals surface area contributed by atoms with Crippen molar-refractivity contribution in [3.8, 4) is 11.1 Å². The van der Waals surface area contributed by atoms with Crippen LogP contribution in [0.15, 0.2) is 47.3 Å². The molecule has 0 bridgehead atoms. The molecule has 0 spiro atoms. The van der Waals surface area contributed by atoms with Gasteiger partial charge < -0.3 is 10.3 Å². The van der Waals surface area contributed by atoms with E-state index < -0.39 is 5.56 Å². The van der Waals surface area contributed by atoms with Gasteiger partial charge in [0.25, 0.3) is 5.56 Å². The van der Waals surface area contributed by atoms with Crippen molar-refractivity contribution < 1.29 is 4.79 Å². The van der Waals surface area contributed by atoms with Gasteiger partial charge >= 0.3 is 0 Å². The molecule has 3 rings (SSSR count). The summed E-state index contributed by atoms with van der Waals surface area (Å²) in [4.78, 5) is 26.7. The lowest BCUT2D eigenvalue weighted by atomic mass is 9.99. The van der Waals surface area contributed by atoms with E-state index in [-0.39, 0.29) is 11.6 Å². The molecular weight excluding hydrogens is 335 g/mol. The molecule has 1 amide bonds. The van der Waals surface area contributed by atoms with Crippen molar-refractivity contribution in [3.05, 3.63) is 62.9 Å². The van der Waals surface area contributed by atoms with Crippen LogP contribution in [-0.2, 0) is 4.79 Å². The highest BCUT2D eigenvalue weighted by Gasteiger charge is 2.17. The lowest BCUT2D eigenvalue weighted by Crippen LogP contribution is -2.19. The summed E-state index contributed by atoms with van der Waals surface area (Å²) in [5.74, 6) is -0.342. The van der Waals surface area contributed by atoms with Gasteiger partial charge in [0.2, 0.25) is 5.91 Å². The van der Waals surface area contributed by atoms with E-state index in [4.69, 9.17) is 23.2 Å². The van der Waals surface area contributed by atoms with E-state index in [9.17, 15) is 9.59 Å². The van der Waals surface area contributed by atoms with Crippen LogP contribution in [0.25, 0.3) is 22.0 Å². The van der Waals surface area contributed by atoms with Crippen molar-refractivity contribution >= 4 is 45.7 Å². The number of H-pyrrole nitrogens is 1. The van der Waals surface area contributed by atoms with Gasteiger partial charge in [-0.2, -0.15) is 0 Å². The molecule has 6 heteroatoms.